The van der Waals surface area contributed by atoms with Gasteiger partial charge in [-0.05, 0) is 31.6 Å². The van der Waals surface area contributed by atoms with Crippen LogP contribution in [0.3, 0.4) is 0 Å². The molecular formula is C16H23N5O. The third-order valence-electron chi connectivity index (χ3n) is 5.06. The first kappa shape index (κ1) is 13.9. The number of hydrogen-bond acceptors (Lipinski definition) is 4. The van der Waals surface area contributed by atoms with Crippen LogP contribution in [0, 0.1) is 5.92 Å². The minimum absolute atomic E-state index is 0.532. The molecule has 0 spiro atoms. The van der Waals surface area contributed by atoms with Crippen molar-refractivity contribution in [1.82, 2.24) is 24.5 Å². The van der Waals surface area contributed by atoms with Gasteiger partial charge in [0.05, 0.1) is 11.8 Å². The van der Waals surface area contributed by atoms with Crippen molar-refractivity contribution in [2.24, 2.45) is 13.0 Å². The first-order valence-corrected chi connectivity index (χ1v) is 8.33. The molecule has 0 saturated carbocycles. The zero-order chi connectivity index (χ0) is 14.9. The Morgan fingerprint density at radius 2 is 2.00 bits per heavy atom. The van der Waals surface area contributed by atoms with Crippen molar-refractivity contribution in [3.63, 3.8) is 0 Å². The maximum Gasteiger partial charge on any atom is 0.167 e. The summed E-state index contributed by atoms with van der Waals surface area (Å²) in [6.07, 6.45) is 9.92. The van der Waals surface area contributed by atoms with Crippen molar-refractivity contribution >= 4 is 0 Å². The Morgan fingerprint density at radius 3 is 2.77 bits per heavy atom. The highest BCUT2D eigenvalue weighted by Gasteiger charge is 2.31. The van der Waals surface area contributed by atoms with Crippen molar-refractivity contribution in [1.29, 1.82) is 0 Å². The number of ether oxygens (including phenoxy) is 1. The van der Waals surface area contributed by atoms with Crippen LogP contribution in [0.25, 0.3) is 11.4 Å². The zero-order valence-electron chi connectivity index (χ0n) is 13.1. The van der Waals surface area contributed by atoms with Gasteiger partial charge in [-0.1, -0.05) is 6.42 Å². The number of rotatable bonds is 2. The first-order valence-electron chi connectivity index (χ1n) is 8.33. The van der Waals surface area contributed by atoms with Gasteiger partial charge in [-0.15, -0.1) is 10.2 Å². The quantitative estimate of drug-likeness (QED) is 0.854. The Morgan fingerprint density at radius 1 is 1.14 bits per heavy atom. The van der Waals surface area contributed by atoms with Gasteiger partial charge in [0.25, 0.3) is 0 Å². The molecule has 0 amide bonds. The van der Waals surface area contributed by atoms with E-state index < -0.39 is 0 Å². The average molecular weight is 301 g/mol. The monoisotopic (exact) mass is 301 g/mol. The van der Waals surface area contributed by atoms with E-state index in [1.54, 1.807) is 0 Å². The number of aromatic nitrogens is 5. The van der Waals surface area contributed by atoms with E-state index in [1.165, 1.54) is 25.1 Å². The zero-order valence-corrected chi connectivity index (χ0v) is 13.1. The summed E-state index contributed by atoms with van der Waals surface area (Å²) < 4.78 is 9.69. The molecule has 2 aromatic heterocycles. The van der Waals surface area contributed by atoms with Crippen molar-refractivity contribution in [2.45, 2.75) is 44.6 Å². The van der Waals surface area contributed by atoms with E-state index in [1.807, 2.05) is 24.1 Å². The Hall–Kier alpha value is -1.69. The normalized spacial score (nSPS) is 23.2. The van der Waals surface area contributed by atoms with Gasteiger partial charge in [0.2, 0.25) is 0 Å². The summed E-state index contributed by atoms with van der Waals surface area (Å²) in [5.41, 5.74) is 1.06. The lowest BCUT2D eigenvalue weighted by Gasteiger charge is -2.28. The molecule has 118 valence electrons. The first-order chi connectivity index (χ1) is 10.8. The van der Waals surface area contributed by atoms with E-state index in [2.05, 4.69) is 19.9 Å². The minimum atomic E-state index is 0.532. The SMILES string of the molecule is Cn1cc(-c2nnc3n2CCCCC3C2CCOCC2)cn1. The van der Waals surface area contributed by atoms with Crippen LogP contribution in [0.5, 0.6) is 0 Å². The second kappa shape index (κ2) is 5.83. The minimum Gasteiger partial charge on any atom is -0.381 e. The number of fused-ring (bicyclic) bond motifs is 1. The summed E-state index contributed by atoms with van der Waals surface area (Å²) in [7, 11) is 1.94. The number of nitrogens with zero attached hydrogens (tertiary/aromatic N) is 5. The van der Waals surface area contributed by atoms with Crippen LogP contribution >= 0.6 is 0 Å². The molecular weight excluding hydrogens is 278 g/mol. The van der Waals surface area contributed by atoms with E-state index in [0.29, 0.717) is 11.8 Å². The van der Waals surface area contributed by atoms with Crippen LogP contribution in [0.4, 0.5) is 0 Å². The van der Waals surface area contributed by atoms with Crippen LogP contribution in [-0.4, -0.2) is 37.8 Å². The lowest BCUT2D eigenvalue weighted by atomic mass is 9.82. The van der Waals surface area contributed by atoms with Crippen LogP contribution in [-0.2, 0) is 18.3 Å². The molecule has 1 unspecified atom stereocenters. The van der Waals surface area contributed by atoms with Gasteiger partial charge < -0.3 is 9.30 Å². The molecule has 22 heavy (non-hydrogen) atoms. The summed E-state index contributed by atoms with van der Waals surface area (Å²) in [6.45, 7) is 2.81. The largest absolute Gasteiger partial charge is 0.381 e. The molecule has 1 saturated heterocycles. The molecule has 0 N–H and O–H groups in total. The highest BCUT2D eigenvalue weighted by atomic mass is 16.5. The van der Waals surface area contributed by atoms with Gasteiger partial charge in [-0.2, -0.15) is 5.10 Å². The number of aryl methyl sites for hydroxylation is 1. The lowest BCUT2D eigenvalue weighted by Crippen LogP contribution is -2.23. The Kier molecular flexibility index (Phi) is 3.70. The van der Waals surface area contributed by atoms with Gasteiger partial charge in [0.15, 0.2) is 5.82 Å². The fourth-order valence-electron chi connectivity index (χ4n) is 3.89. The fraction of sp³-hybridized carbons (Fsp3) is 0.688. The molecule has 2 aliphatic rings. The van der Waals surface area contributed by atoms with Crippen LogP contribution in [0.15, 0.2) is 12.4 Å². The van der Waals surface area contributed by atoms with E-state index >= 15 is 0 Å². The molecule has 0 radical (unpaired) electrons. The maximum absolute atomic E-state index is 5.53. The van der Waals surface area contributed by atoms with Gasteiger partial charge >= 0.3 is 0 Å². The second-order valence-electron chi connectivity index (χ2n) is 6.49. The Bertz CT molecular complexity index is 641. The van der Waals surface area contributed by atoms with E-state index in [0.717, 1.165) is 44.0 Å². The van der Waals surface area contributed by atoms with Crippen molar-refractivity contribution in [3.05, 3.63) is 18.2 Å². The Balaban J connectivity index is 1.70. The summed E-state index contributed by atoms with van der Waals surface area (Å²) in [4.78, 5) is 0. The van der Waals surface area contributed by atoms with Crippen molar-refractivity contribution in [2.75, 3.05) is 13.2 Å². The molecule has 1 atom stereocenters. The Labute approximate surface area is 130 Å². The third kappa shape index (κ3) is 2.45. The molecule has 0 aliphatic carbocycles. The summed E-state index contributed by atoms with van der Waals surface area (Å²) in [6, 6.07) is 0. The van der Waals surface area contributed by atoms with Crippen LogP contribution in [0.1, 0.15) is 43.8 Å². The van der Waals surface area contributed by atoms with E-state index in [9.17, 15) is 0 Å². The highest BCUT2D eigenvalue weighted by Crippen LogP contribution is 2.38. The molecule has 6 heteroatoms. The number of hydrogen-bond donors (Lipinski definition) is 0. The average Bonchev–Trinajstić information content (AvgIpc) is 3.09. The summed E-state index contributed by atoms with van der Waals surface area (Å²) in [5.74, 6) is 3.38. The summed E-state index contributed by atoms with van der Waals surface area (Å²) >= 11 is 0. The molecule has 6 nitrogen and oxygen atoms in total. The smallest absolute Gasteiger partial charge is 0.167 e. The highest BCUT2D eigenvalue weighted by molar-refractivity contribution is 5.52. The predicted octanol–water partition coefficient (Wildman–Crippen LogP) is 2.37. The second-order valence-corrected chi connectivity index (χ2v) is 6.49. The lowest BCUT2D eigenvalue weighted by molar-refractivity contribution is 0.0556. The molecule has 4 rings (SSSR count). The van der Waals surface area contributed by atoms with Crippen LogP contribution < -0.4 is 0 Å². The topological polar surface area (TPSA) is 57.8 Å². The van der Waals surface area contributed by atoms with Gasteiger partial charge in [0.1, 0.15) is 5.82 Å². The molecule has 1 fully saturated rings. The molecule has 0 aromatic carbocycles. The van der Waals surface area contributed by atoms with Crippen molar-refractivity contribution < 1.29 is 4.74 Å². The van der Waals surface area contributed by atoms with E-state index in [-0.39, 0.29) is 0 Å². The third-order valence-corrected chi connectivity index (χ3v) is 5.06. The van der Waals surface area contributed by atoms with Gasteiger partial charge in [-0.25, -0.2) is 0 Å². The molecule has 2 aliphatic heterocycles. The standard InChI is InChI=1S/C16H23N5O/c1-20-11-13(10-17-20)15-18-19-16-14(4-2-3-7-21(15)16)12-5-8-22-9-6-12/h10-12,14H,2-9H2,1H3. The van der Waals surface area contributed by atoms with Crippen LogP contribution in [0.2, 0.25) is 0 Å². The maximum atomic E-state index is 5.53. The fourth-order valence-corrected chi connectivity index (χ4v) is 3.89. The van der Waals surface area contributed by atoms with Crippen molar-refractivity contribution in [3.8, 4) is 11.4 Å². The molecule has 0 bridgehead atoms. The summed E-state index contributed by atoms with van der Waals surface area (Å²) in [5, 5.41) is 13.4. The van der Waals surface area contributed by atoms with Gasteiger partial charge in [-0.3, -0.25) is 4.68 Å². The van der Waals surface area contributed by atoms with E-state index in [4.69, 9.17) is 4.74 Å². The predicted molar refractivity (Wildman–Crippen MR) is 82.4 cm³/mol. The van der Waals surface area contributed by atoms with Gasteiger partial charge in [0, 0.05) is 38.9 Å². The molecule has 4 heterocycles. The molecule has 2 aromatic rings.